The van der Waals surface area contributed by atoms with Crippen molar-refractivity contribution >= 4 is 12.6 Å². The standard InChI is InChI=1S/C20H24BN2O3/c24-20(22-16-17-7-3-1-4-8-17)15-19(18-9-5-2-6-10-18)21-23(11-13-25-21)12-14-26-21/h1-10,19H,11-16H2,(H,22,24)/q-1. The fraction of sp³-hybridized carbons (Fsp3) is 0.350. The maximum absolute atomic E-state index is 12.7. The second-order valence-electron chi connectivity index (χ2n) is 6.99. The molecule has 1 amide bonds. The molecule has 0 bridgehead atoms. The highest BCUT2D eigenvalue weighted by Gasteiger charge is 2.49. The third-order valence-corrected chi connectivity index (χ3v) is 5.45. The molecule has 2 saturated heterocycles. The minimum Gasteiger partial charge on any atom is -0.554 e. The van der Waals surface area contributed by atoms with Gasteiger partial charge in [0.1, 0.15) is 0 Å². The second-order valence-corrected chi connectivity index (χ2v) is 6.99. The summed E-state index contributed by atoms with van der Waals surface area (Å²) < 4.78 is 12.3. The van der Waals surface area contributed by atoms with E-state index in [1.54, 1.807) is 0 Å². The van der Waals surface area contributed by atoms with Crippen LogP contribution in [0.25, 0.3) is 0 Å². The van der Waals surface area contributed by atoms with Crippen LogP contribution in [0, 0.1) is 0 Å². The lowest BCUT2D eigenvalue weighted by Crippen LogP contribution is -2.54. The molecule has 1 atom stereocenters. The largest absolute Gasteiger partial charge is 0.554 e. The molecule has 5 nitrogen and oxygen atoms in total. The normalized spacial score (nSPS) is 19.8. The minimum atomic E-state index is -1.60. The zero-order valence-electron chi connectivity index (χ0n) is 14.8. The van der Waals surface area contributed by atoms with E-state index in [0.29, 0.717) is 26.2 Å². The molecule has 136 valence electrons. The van der Waals surface area contributed by atoms with Crippen molar-refractivity contribution in [3.05, 3.63) is 71.8 Å². The van der Waals surface area contributed by atoms with Crippen LogP contribution in [0.4, 0.5) is 0 Å². The molecule has 26 heavy (non-hydrogen) atoms. The summed E-state index contributed by atoms with van der Waals surface area (Å²) in [5.74, 6) is -0.0816. The van der Waals surface area contributed by atoms with Gasteiger partial charge < -0.3 is 19.4 Å². The van der Waals surface area contributed by atoms with Crippen LogP contribution < -0.4 is 5.32 Å². The number of carbonyl (C=O) groups is 1. The first-order chi connectivity index (χ1) is 12.8. The van der Waals surface area contributed by atoms with Gasteiger partial charge in [-0.15, -0.1) is 0 Å². The summed E-state index contributed by atoms with van der Waals surface area (Å²) in [6, 6.07) is 20.1. The second kappa shape index (κ2) is 7.62. The van der Waals surface area contributed by atoms with Crippen LogP contribution >= 0.6 is 0 Å². The lowest BCUT2D eigenvalue weighted by molar-refractivity contribution is -0.121. The molecule has 0 aliphatic carbocycles. The van der Waals surface area contributed by atoms with Crippen molar-refractivity contribution in [1.29, 1.82) is 0 Å². The highest BCUT2D eigenvalue weighted by molar-refractivity contribution is 6.67. The average molecular weight is 351 g/mol. The van der Waals surface area contributed by atoms with Gasteiger partial charge in [0, 0.05) is 26.2 Å². The third kappa shape index (κ3) is 3.40. The Hall–Kier alpha value is -2.15. The summed E-state index contributed by atoms with van der Waals surface area (Å²) in [6.45, 7) is 1.99. The summed E-state index contributed by atoms with van der Waals surface area (Å²) in [5, 5.41) is 3.04. The summed E-state index contributed by atoms with van der Waals surface area (Å²) in [5.41, 5.74) is 2.19. The van der Waals surface area contributed by atoms with Gasteiger partial charge in [-0.05, 0) is 18.7 Å². The molecular weight excluding hydrogens is 327 g/mol. The zero-order chi connectivity index (χ0) is 17.8. The Morgan fingerprint density at radius 2 is 1.62 bits per heavy atom. The number of hydrogen-bond donors (Lipinski definition) is 1. The summed E-state index contributed by atoms with van der Waals surface area (Å²) >= 11 is 0. The van der Waals surface area contributed by atoms with Gasteiger partial charge in [-0.1, -0.05) is 72.0 Å². The van der Waals surface area contributed by atoms with E-state index in [1.165, 1.54) is 0 Å². The number of nitrogens with zero attached hydrogens (tertiary/aromatic N) is 1. The fourth-order valence-corrected chi connectivity index (χ4v) is 4.17. The van der Waals surface area contributed by atoms with Crippen LogP contribution in [-0.2, 0) is 20.6 Å². The predicted octanol–water partition coefficient (Wildman–Crippen LogP) is 2.32. The topological polar surface area (TPSA) is 50.8 Å². The molecule has 0 saturated carbocycles. The monoisotopic (exact) mass is 351 g/mol. The van der Waals surface area contributed by atoms with E-state index in [2.05, 4.69) is 22.3 Å². The lowest BCUT2D eigenvalue weighted by atomic mass is 9.53. The maximum atomic E-state index is 12.7. The Morgan fingerprint density at radius 1 is 1.00 bits per heavy atom. The van der Waals surface area contributed by atoms with Crippen molar-refractivity contribution < 1.29 is 14.1 Å². The van der Waals surface area contributed by atoms with Crippen molar-refractivity contribution in [1.82, 2.24) is 10.1 Å². The van der Waals surface area contributed by atoms with Crippen LogP contribution in [0.2, 0.25) is 0 Å². The Morgan fingerprint density at radius 3 is 2.27 bits per heavy atom. The van der Waals surface area contributed by atoms with Crippen molar-refractivity contribution in [3.63, 3.8) is 0 Å². The maximum Gasteiger partial charge on any atom is 0.325 e. The quantitative estimate of drug-likeness (QED) is 0.812. The molecule has 4 rings (SSSR count). The molecule has 0 radical (unpaired) electrons. The Bertz CT molecular complexity index is 731. The first kappa shape index (κ1) is 17.3. The number of rotatable bonds is 6. The van der Waals surface area contributed by atoms with Gasteiger partial charge in [0.25, 0.3) is 0 Å². The number of benzene rings is 2. The van der Waals surface area contributed by atoms with Crippen LogP contribution in [0.15, 0.2) is 60.7 Å². The SMILES string of the molecule is O=C(CC(c1ccccc1)[B-]12OCCN1CCO2)NCc1ccccc1. The molecule has 2 aromatic rings. The molecule has 0 spiro atoms. The fourth-order valence-electron chi connectivity index (χ4n) is 4.17. The van der Waals surface area contributed by atoms with Crippen molar-refractivity contribution in [2.75, 3.05) is 26.3 Å². The van der Waals surface area contributed by atoms with Gasteiger partial charge in [-0.3, -0.25) is 4.79 Å². The molecular formula is C20H24BN2O3-. The summed E-state index contributed by atoms with van der Waals surface area (Å²) in [6.07, 6.45) is 0.355. The number of carbonyl (C=O) groups excluding carboxylic acids is 1. The predicted molar refractivity (Wildman–Crippen MR) is 101 cm³/mol. The smallest absolute Gasteiger partial charge is 0.325 e. The van der Waals surface area contributed by atoms with Crippen molar-refractivity contribution in [3.8, 4) is 0 Å². The van der Waals surface area contributed by atoms with E-state index < -0.39 is 6.69 Å². The van der Waals surface area contributed by atoms with Gasteiger partial charge in [0.15, 0.2) is 0 Å². The molecule has 2 fully saturated rings. The number of fused-ring (bicyclic) bond motifs is 1. The molecule has 2 aliphatic rings. The van der Waals surface area contributed by atoms with Crippen molar-refractivity contribution in [2.24, 2.45) is 0 Å². The Labute approximate surface area is 154 Å². The molecule has 2 aromatic carbocycles. The molecule has 2 aliphatic heterocycles. The van der Waals surface area contributed by atoms with Crippen LogP contribution in [0.1, 0.15) is 23.4 Å². The van der Waals surface area contributed by atoms with E-state index in [-0.39, 0.29) is 11.7 Å². The van der Waals surface area contributed by atoms with E-state index >= 15 is 0 Å². The molecule has 0 aromatic heterocycles. The molecule has 1 unspecified atom stereocenters. The molecule has 6 heteroatoms. The molecule has 2 heterocycles. The Balaban J connectivity index is 1.51. The first-order valence-corrected chi connectivity index (χ1v) is 9.31. The Kier molecular flexibility index (Phi) is 5.06. The number of nitrogens with one attached hydrogen (secondary N) is 1. The van der Waals surface area contributed by atoms with Crippen LogP contribution in [-0.4, -0.2) is 43.7 Å². The number of hydrogen-bond acceptors (Lipinski definition) is 4. The third-order valence-electron chi connectivity index (χ3n) is 5.45. The van der Waals surface area contributed by atoms with Crippen molar-refractivity contribution in [2.45, 2.75) is 18.8 Å². The average Bonchev–Trinajstić information content (AvgIpc) is 3.27. The van der Waals surface area contributed by atoms with Gasteiger partial charge >= 0.3 is 6.69 Å². The van der Waals surface area contributed by atoms with E-state index in [9.17, 15) is 4.79 Å². The van der Waals surface area contributed by atoms with Gasteiger partial charge in [0.2, 0.25) is 5.91 Å². The minimum absolute atomic E-state index is 0.0184. The van der Waals surface area contributed by atoms with Crippen LogP contribution in [0.5, 0.6) is 0 Å². The zero-order valence-corrected chi connectivity index (χ0v) is 14.8. The van der Waals surface area contributed by atoms with Gasteiger partial charge in [-0.25, -0.2) is 0 Å². The lowest BCUT2D eigenvalue weighted by Gasteiger charge is -2.43. The summed E-state index contributed by atoms with van der Waals surface area (Å²) in [4.78, 5) is 15.0. The highest BCUT2D eigenvalue weighted by Crippen LogP contribution is 2.39. The van der Waals surface area contributed by atoms with Gasteiger partial charge in [-0.2, -0.15) is 0 Å². The number of amides is 1. The van der Waals surface area contributed by atoms with Crippen LogP contribution in [0.3, 0.4) is 0 Å². The first-order valence-electron chi connectivity index (χ1n) is 9.31. The van der Waals surface area contributed by atoms with Gasteiger partial charge in [0.05, 0.1) is 0 Å². The summed E-state index contributed by atoms with van der Waals surface area (Å²) in [7, 11) is 0. The molecule has 1 N–H and O–H groups in total. The highest BCUT2D eigenvalue weighted by atomic mass is 16.6. The van der Waals surface area contributed by atoms with E-state index in [1.807, 2.05) is 48.5 Å². The van der Waals surface area contributed by atoms with E-state index in [4.69, 9.17) is 9.31 Å². The van der Waals surface area contributed by atoms with E-state index in [0.717, 1.165) is 24.2 Å².